The van der Waals surface area contributed by atoms with E-state index in [1.165, 1.54) is 26.4 Å². The molecule has 2 aromatic heterocycles. The van der Waals surface area contributed by atoms with Gasteiger partial charge in [-0.3, -0.25) is 4.79 Å². The zero-order chi connectivity index (χ0) is 16.1. The number of halogens is 1. The van der Waals surface area contributed by atoms with E-state index in [9.17, 15) is 9.18 Å². The number of methoxy groups -OCH3 is 1. The number of rotatable bonds is 4. The number of anilines is 1. The summed E-state index contributed by atoms with van der Waals surface area (Å²) < 4.78 is 18.5. The molecule has 0 aliphatic heterocycles. The number of carbonyl (C=O) groups excluding carboxylic acids is 1. The minimum atomic E-state index is -0.795. The Kier molecular flexibility index (Phi) is 4.85. The topological polar surface area (TPSA) is 89.9 Å². The fourth-order valence-electron chi connectivity index (χ4n) is 1.42. The predicted molar refractivity (Wildman–Crippen MR) is 76.9 cm³/mol. The van der Waals surface area contributed by atoms with Gasteiger partial charge in [-0.05, 0) is 17.7 Å². The number of amides is 1. The molecular weight excluding hydrogens is 309 g/mol. The quantitative estimate of drug-likeness (QED) is 0.519. The molecule has 1 N–H and O–H groups in total. The summed E-state index contributed by atoms with van der Waals surface area (Å²) in [4.78, 5) is 26.7. The van der Waals surface area contributed by atoms with Crippen LogP contribution in [0.1, 0.15) is 12.6 Å². The molecule has 0 spiro atoms. The average molecular weight is 319 g/mol. The maximum atomic E-state index is 13.7. The smallest absolute Gasteiger partial charge is 0.255 e. The van der Waals surface area contributed by atoms with E-state index in [1.54, 1.807) is 0 Å². The van der Waals surface area contributed by atoms with Crippen LogP contribution in [0.4, 0.5) is 10.2 Å². The second-order valence-electron chi connectivity index (χ2n) is 3.85. The normalized spacial score (nSPS) is 9.91. The van der Waals surface area contributed by atoms with E-state index in [2.05, 4.69) is 31.2 Å². The summed E-state index contributed by atoms with van der Waals surface area (Å²) in [5, 5.41) is 3.14. The van der Waals surface area contributed by atoms with E-state index in [0.717, 1.165) is 11.8 Å². The maximum Gasteiger partial charge on any atom is 0.255 e. The second-order valence-corrected chi connectivity index (χ2v) is 4.83. The summed E-state index contributed by atoms with van der Waals surface area (Å²) in [6.07, 6.45) is 6.47. The van der Waals surface area contributed by atoms with Crippen LogP contribution in [0.15, 0.2) is 22.6 Å². The van der Waals surface area contributed by atoms with Crippen LogP contribution in [0.3, 0.4) is 0 Å². The van der Waals surface area contributed by atoms with Gasteiger partial charge in [-0.15, -0.1) is 6.42 Å². The first-order chi connectivity index (χ1) is 10.5. The molecule has 9 heteroatoms. The van der Waals surface area contributed by atoms with Crippen molar-refractivity contribution in [3.05, 3.63) is 23.9 Å². The SMILES string of the molecule is C#Cc1nc(Sc2cc(NC(C)=O)ncn2)nc(OC)c1F. The van der Waals surface area contributed by atoms with Gasteiger partial charge in [0, 0.05) is 13.0 Å². The van der Waals surface area contributed by atoms with Gasteiger partial charge in [0.25, 0.3) is 5.88 Å². The third-order valence-electron chi connectivity index (χ3n) is 2.27. The van der Waals surface area contributed by atoms with E-state index in [-0.39, 0.29) is 22.6 Å². The number of aromatic nitrogens is 4. The Bertz CT molecular complexity index is 763. The number of nitrogens with one attached hydrogen (secondary N) is 1. The van der Waals surface area contributed by atoms with Crippen molar-refractivity contribution in [2.75, 3.05) is 12.4 Å². The van der Waals surface area contributed by atoms with Crippen LogP contribution >= 0.6 is 11.8 Å². The van der Waals surface area contributed by atoms with E-state index in [1.807, 2.05) is 0 Å². The molecule has 0 bridgehead atoms. The van der Waals surface area contributed by atoms with Crippen molar-refractivity contribution < 1.29 is 13.9 Å². The molecular formula is C13H10FN5O2S. The second kappa shape index (κ2) is 6.82. The fraction of sp³-hybridized carbons (Fsp3) is 0.154. The molecule has 0 aromatic carbocycles. The van der Waals surface area contributed by atoms with E-state index in [0.29, 0.717) is 10.8 Å². The lowest BCUT2D eigenvalue weighted by molar-refractivity contribution is -0.114. The summed E-state index contributed by atoms with van der Waals surface area (Å²) in [5.74, 6) is 1.15. The van der Waals surface area contributed by atoms with Gasteiger partial charge in [0.1, 0.15) is 17.2 Å². The minimum absolute atomic E-state index is 0.165. The zero-order valence-electron chi connectivity index (χ0n) is 11.6. The summed E-state index contributed by atoms with van der Waals surface area (Å²) in [5.41, 5.74) is -0.203. The van der Waals surface area contributed by atoms with Crippen LogP contribution in [0, 0.1) is 18.2 Å². The fourth-order valence-corrected chi connectivity index (χ4v) is 2.14. The number of ether oxygens (including phenoxy) is 1. The molecule has 0 fully saturated rings. The number of carbonyl (C=O) groups is 1. The first kappa shape index (κ1) is 15.7. The number of hydrogen-bond donors (Lipinski definition) is 1. The summed E-state index contributed by atoms with van der Waals surface area (Å²) in [6.45, 7) is 1.36. The number of terminal acetylenes is 1. The molecule has 2 heterocycles. The van der Waals surface area contributed by atoms with Gasteiger partial charge < -0.3 is 10.1 Å². The first-order valence-corrected chi connectivity index (χ1v) is 6.70. The van der Waals surface area contributed by atoms with Crippen LogP contribution < -0.4 is 10.1 Å². The van der Waals surface area contributed by atoms with E-state index in [4.69, 9.17) is 11.2 Å². The highest BCUT2D eigenvalue weighted by molar-refractivity contribution is 7.99. The molecule has 2 rings (SSSR count). The molecule has 2 aromatic rings. The molecule has 112 valence electrons. The highest BCUT2D eigenvalue weighted by Gasteiger charge is 2.15. The van der Waals surface area contributed by atoms with Crippen LogP contribution in [0.5, 0.6) is 5.88 Å². The van der Waals surface area contributed by atoms with E-state index >= 15 is 0 Å². The van der Waals surface area contributed by atoms with Crippen LogP contribution in [-0.4, -0.2) is 33.0 Å². The van der Waals surface area contributed by atoms with Gasteiger partial charge in [0.05, 0.1) is 7.11 Å². The molecule has 0 radical (unpaired) electrons. The number of nitrogens with zero attached hydrogens (tertiary/aromatic N) is 4. The van der Waals surface area contributed by atoms with Crippen molar-refractivity contribution in [3.63, 3.8) is 0 Å². The highest BCUT2D eigenvalue weighted by Crippen LogP contribution is 2.27. The molecule has 0 atom stereocenters. The first-order valence-electron chi connectivity index (χ1n) is 5.89. The van der Waals surface area contributed by atoms with E-state index < -0.39 is 5.82 Å². The lowest BCUT2D eigenvalue weighted by atomic mass is 10.4. The summed E-state index contributed by atoms with van der Waals surface area (Å²) in [6, 6.07) is 1.53. The Morgan fingerprint density at radius 2 is 2.23 bits per heavy atom. The van der Waals surface area contributed by atoms with Gasteiger partial charge in [-0.2, -0.15) is 9.37 Å². The van der Waals surface area contributed by atoms with Gasteiger partial charge in [-0.1, -0.05) is 0 Å². The molecule has 0 aliphatic carbocycles. The van der Waals surface area contributed by atoms with Gasteiger partial charge in [0.2, 0.25) is 11.7 Å². The maximum absolute atomic E-state index is 13.7. The van der Waals surface area contributed by atoms with Crippen LogP contribution in [-0.2, 0) is 4.79 Å². The largest absolute Gasteiger partial charge is 0.479 e. The third-order valence-corrected chi connectivity index (χ3v) is 3.07. The highest BCUT2D eigenvalue weighted by atomic mass is 32.2. The van der Waals surface area contributed by atoms with Gasteiger partial charge in [0.15, 0.2) is 10.9 Å². The summed E-state index contributed by atoms with van der Waals surface area (Å²) in [7, 11) is 1.28. The monoisotopic (exact) mass is 319 g/mol. The molecule has 22 heavy (non-hydrogen) atoms. The lowest BCUT2D eigenvalue weighted by Crippen LogP contribution is -2.07. The Morgan fingerprint density at radius 3 is 2.86 bits per heavy atom. The molecule has 0 aliphatic rings. The molecule has 7 nitrogen and oxygen atoms in total. The molecule has 0 unspecified atom stereocenters. The number of hydrogen-bond acceptors (Lipinski definition) is 7. The Morgan fingerprint density at radius 1 is 1.45 bits per heavy atom. The molecule has 0 saturated heterocycles. The third kappa shape index (κ3) is 3.67. The van der Waals surface area contributed by atoms with Gasteiger partial charge in [-0.25, -0.2) is 15.0 Å². The Labute approximate surface area is 129 Å². The van der Waals surface area contributed by atoms with Crippen LogP contribution in [0.25, 0.3) is 0 Å². The molecule has 0 saturated carbocycles. The van der Waals surface area contributed by atoms with Crippen molar-refractivity contribution >= 4 is 23.5 Å². The Balaban J connectivity index is 2.31. The van der Waals surface area contributed by atoms with Crippen molar-refractivity contribution in [1.82, 2.24) is 19.9 Å². The lowest BCUT2D eigenvalue weighted by Gasteiger charge is -2.06. The molecule has 1 amide bonds. The van der Waals surface area contributed by atoms with Crippen LogP contribution in [0.2, 0.25) is 0 Å². The standard InChI is InChI=1S/C13H10FN5O2S/c1-4-8-11(14)12(21-3)19-13(18-8)22-10-5-9(15-6-16-10)17-7(2)20/h1,5-6H,2-3H3,(H,15,16,17,20). The zero-order valence-corrected chi connectivity index (χ0v) is 12.4. The summed E-state index contributed by atoms with van der Waals surface area (Å²) >= 11 is 1.03. The minimum Gasteiger partial charge on any atom is -0.479 e. The predicted octanol–water partition coefficient (Wildman–Crippen LogP) is 1.51. The van der Waals surface area contributed by atoms with Crippen molar-refractivity contribution in [2.24, 2.45) is 0 Å². The Hall–Kier alpha value is -2.73. The average Bonchev–Trinajstić information content (AvgIpc) is 2.48. The van der Waals surface area contributed by atoms with Gasteiger partial charge >= 0.3 is 0 Å². The van der Waals surface area contributed by atoms with Crippen molar-refractivity contribution in [1.29, 1.82) is 0 Å². The van der Waals surface area contributed by atoms with Crippen molar-refractivity contribution in [2.45, 2.75) is 17.1 Å². The van der Waals surface area contributed by atoms with Crippen molar-refractivity contribution in [3.8, 4) is 18.2 Å².